The van der Waals surface area contributed by atoms with Gasteiger partial charge in [-0.2, -0.15) is 0 Å². The van der Waals surface area contributed by atoms with Crippen LogP contribution < -0.4 is 0 Å². The van der Waals surface area contributed by atoms with Gasteiger partial charge in [0, 0.05) is 36.4 Å². The van der Waals surface area contributed by atoms with Crippen molar-refractivity contribution < 1.29 is 4.79 Å². The smallest absolute Gasteiger partial charge is 0.222 e. The number of halogens is 1. The zero-order valence-electron chi connectivity index (χ0n) is 11.4. The number of pyridine rings is 1. The molecule has 1 unspecified atom stereocenters. The molecule has 1 saturated heterocycles. The minimum atomic E-state index is 0.290. The first-order valence-corrected chi connectivity index (χ1v) is 7.85. The maximum atomic E-state index is 12.1. The zero-order chi connectivity index (χ0) is 13.7. The topological polar surface area (TPSA) is 33.2 Å². The predicted octanol–water partition coefficient (Wildman–Crippen LogP) is 3.77. The monoisotopic (exact) mass is 324 g/mol. The van der Waals surface area contributed by atoms with Gasteiger partial charge in [0.1, 0.15) is 0 Å². The van der Waals surface area contributed by atoms with E-state index in [0.29, 0.717) is 18.9 Å². The Morgan fingerprint density at radius 1 is 1.42 bits per heavy atom. The van der Waals surface area contributed by atoms with E-state index in [9.17, 15) is 4.79 Å². The number of hydrogen-bond donors (Lipinski definition) is 0. The molecule has 0 radical (unpaired) electrons. The highest BCUT2D eigenvalue weighted by atomic mass is 79.9. The lowest BCUT2D eigenvalue weighted by Gasteiger charge is -2.21. The number of rotatable bonds is 4. The summed E-state index contributed by atoms with van der Waals surface area (Å²) in [5.41, 5.74) is 1.09. The number of hydrogen-bond acceptors (Lipinski definition) is 2. The molecule has 1 atom stereocenters. The molecule has 1 aromatic rings. The minimum Gasteiger partial charge on any atom is -0.338 e. The number of carbonyl (C=O) groups is 1. The van der Waals surface area contributed by atoms with Crippen molar-refractivity contribution in [2.45, 2.75) is 45.6 Å². The second-order valence-electron chi connectivity index (χ2n) is 5.31. The van der Waals surface area contributed by atoms with Crippen molar-refractivity contribution in [2.75, 3.05) is 6.54 Å². The molecule has 1 aliphatic heterocycles. The van der Waals surface area contributed by atoms with Crippen molar-refractivity contribution >= 4 is 21.8 Å². The van der Waals surface area contributed by atoms with Crippen LogP contribution in [0.15, 0.2) is 22.9 Å². The Morgan fingerprint density at radius 3 is 3.00 bits per heavy atom. The highest BCUT2D eigenvalue weighted by Gasteiger charge is 2.22. The van der Waals surface area contributed by atoms with E-state index in [1.165, 1.54) is 12.8 Å². The van der Waals surface area contributed by atoms with Gasteiger partial charge >= 0.3 is 0 Å². The molecule has 0 bridgehead atoms. The fourth-order valence-electron chi connectivity index (χ4n) is 2.72. The number of likely N-dealkylation sites (tertiary alicyclic amines) is 1. The van der Waals surface area contributed by atoms with E-state index in [1.807, 2.05) is 17.2 Å². The van der Waals surface area contributed by atoms with Crippen molar-refractivity contribution in [1.29, 1.82) is 0 Å². The third kappa shape index (κ3) is 4.30. The SMILES string of the molecule is CCCC1CCC(=O)N(Cc2cncc(Br)c2)CC1. The van der Waals surface area contributed by atoms with Gasteiger partial charge in [-0.1, -0.05) is 19.8 Å². The lowest BCUT2D eigenvalue weighted by atomic mass is 9.96. The fraction of sp³-hybridized carbons (Fsp3) is 0.600. The van der Waals surface area contributed by atoms with Gasteiger partial charge < -0.3 is 4.90 Å². The average molecular weight is 325 g/mol. The van der Waals surface area contributed by atoms with Gasteiger partial charge in [0.15, 0.2) is 0 Å². The Bertz CT molecular complexity index is 436. The van der Waals surface area contributed by atoms with Crippen molar-refractivity contribution in [3.05, 3.63) is 28.5 Å². The van der Waals surface area contributed by atoms with E-state index in [2.05, 4.69) is 27.8 Å². The summed E-state index contributed by atoms with van der Waals surface area (Å²) < 4.78 is 0.969. The second-order valence-corrected chi connectivity index (χ2v) is 6.22. The van der Waals surface area contributed by atoms with E-state index in [0.717, 1.165) is 35.3 Å². The lowest BCUT2D eigenvalue weighted by molar-refractivity contribution is -0.131. The van der Waals surface area contributed by atoms with E-state index in [-0.39, 0.29) is 0 Å². The summed E-state index contributed by atoms with van der Waals surface area (Å²) in [5.74, 6) is 1.01. The summed E-state index contributed by atoms with van der Waals surface area (Å²) in [6, 6.07) is 2.04. The molecule has 4 heteroatoms. The summed E-state index contributed by atoms with van der Waals surface area (Å²) in [5, 5.41) is 0. The molecular weight excluding hydrogens is 304 g/mol. The summed E-state index contributed by atoms with van der Waals surface area (Å²) in [6.07, 6.45) is 8.97. The predicted molar refractivity (Wildman–Crippen MR) is 79.6 cm³/mol. The van der Waals surface area contributed by atoms with E-state index < -0.39 is 0 Å². The molecular formula is C15H21BrN2O. The normalized spacial score (nSPS) is 20.4. The molecule has 2 heterocycles. The summed E-state index contributed by atoms with van der Waals surface area (Å²) in [7, 11) is 0. The first kappa shape index (κ1) is 14.5. The van der Waals surface area contributed by atoms with E-state index in [4.69, 9.17) is 0 Å². The van der Waals surface area contributed by atoms with Crippen LogP contribution >= 0.6 is 15.9 Å². The molecule has 1 aromatic heterocycles. The van der Waals surface area contributed by atoms with Gasteiger partial charge in [-0.3, -0.25) is 9.78 Å². The molecule has 0 spiro atoms. The third-order valence-corrected chi connectivity index (χ3v) is 4.19. The van der Waals surface area contributed by atoms with Crippen molar-refractivity contribution in [2.24, 2.45) is 5.92 Å². The summed E-state index contributed by atoms with van der Waals surface area (Å²) >= 11 is 3.42. The van der Waals surface area contributed by atoms with Crippen LogP contribution in [0.3, 0.4) is 0 Å². The Hall–Kier alpha value is -0.900. The molecule has 0 aliphatic carbocycles. The molecule has 1 amide bonds. The van der Waals surface area contributed by atoms with Gasteiger partial charge in [0.25, 0.3) is 0 Å². The summed E-state index contributed by atoms with van der Waals surface area (Å²) in [6.45, 7) is 3.79. The van der Waals surface area contributed by atoms with Gasteiger partial charge in [0.2, 0.25) is 5.91 Å². The molecule has 0 N–H and O–H groups in total. The van der Waals surface area contributed by atoms with Crippen molar-refractivity contribution in [1.82, 2.24) is 9.88 Å². The van der Waals surface area contributed by atoms with Crippen LogP contribution in [0.2, 0.25) is 0 Å². The standard InChI is InChI=1S/C15H21BrN2O/c1-2-3-12-4-5-15(19)18(7-6-12)11-13-8-14(16)10-17-9-13/h8-10,12H,2-7,11H2,1H3. The largest absolute Gasteiger partial charge is 0.338 e. The molecule has 0 saturated carbocycles. The molecule has 2 rings (SSSR count). The van der Waals surface area contributed by atoms with Crippen molar-refractivity contribution in [3.63, 3.8) is 0 Å². The minimum absolute atomic E-state index is 0.290. The van der Waals surface area contributed by atoms with E-state index >= 15 is 0 Å². The first-order valence-electron chi connectivity index (χ1n) is 7.06. The van der Waals surface area contributed by atoms with Gasteiger partial charge in [0.05, 0.1) is 0 Å². The number of amides is 1. The average Bonchev–Trinajstić information content (AvgIpc) is 2.55. The highest BCUT2D eigenvalue weighted by Crippen LogP contribution is 2.23. The Kier molecular flexibility index (Phi) is 5.37. The fourth-order valence-corrected chi connectivity index (χ4v) is 3.13. The van der Waals surface area contributed by atoms with Crippen LogP contribution in [-0.2, 0) is 11.3 Å². The van der Waals surface area contributed by atoms with Crippen molar-refractivity contribution in [3.8, 4) is 0 Å². The highest BCUT2D eigenvalue weighted by molar-refractivity contribution is 9.10. The maximum Gasteiger partial charge on any atom is 0.222 e. The van der Waals surface area contributed by atoms with E-state index in [1.54, 1.807) is 6.20 Å². The molecule has 104 valence electrons. The summed E-state index contributed by atoms with van der Waals surface area (Å²) in [4.78, 5) is 18.3. The van der Waals surface area contributed by atoms with Crippen LogP contribution in [0.25, 0.3) is 0 Å². The number of aromatic nitrogens is 1. The lowest BCUT2D eigenvalue weighted by Crippen LogP contribution is -2.29. The van der Waals surface area contributed by atoms with Gasteiger partial charge in [-0.15, -0.1) is 0 Å². The quantitative estimate of drug-likeness (QED) is 0.844. The first-order chi connectivity index (χ1) is 9.19. The van der Waals surface area contributed by atoms with Gasteiger partial charge in [-0.05, 0) is 46.3 Å². The van der Waals surface area contributed by atoms with Gasteiger partial charge in [-0.25, -0.2) is 0 Å². The second kappa shape index (κ2) is 7.04. The third-order valence-electron chi connectivity index (χ3n) is 3.76. The molecule has 19 heavy (non-hydrogen) atoms. The molecule has 3 nitrogen and oxygen atoms in total. The van der Waals surface area contributed by atoms with Crippen LogP contribution in [-0.4, -0.2) is 22.3 Å². The zero-order valence-corrected chi connectivity index (χ0v) is 13.0. The van der Waals surface area contributed by atoms with Crippen LogP contribution in [0, 0.1) is 5.92 Å². The van der Waals surface area contributed by atoms with Crippen LogP contribution in [0.5, 0.6) is 0 Å². The Balaban J connectivity index is 1.97. The van der Waals surface area contributed by atoms with Crippen LogP contribution in [0.1, 0.15) is 44.6 Å². The Morgan fingerprint density at radius 2 is 2.26 bits per heavy atom. The Labute approximate surface area is 123 Å². The van der Waals surface area contributed by atoms with Crippen LogP contribution in [0.4, 0.5) is 0 Å². The molecule has 1 aliphatic rings. The maximum absolute atomic E-state index is 12.1. The molecule has 1 fully saturated rings. The number of nitrogens with zero attached hydrogens (tertiary/aromatic N) is 2. The number of carbonyl (C=O) groups excluding carboxylic acids is 1. The molecule has 0 aromatic carbocycles.